The van der Waals surface area contributed by atoms with Crippen LogP contribution in [0.4, 0.5) is 0 Å². The van der Waals surface area contributed by atoms with Crippen LogP contribution in [0.1, 0.15) is 30.9 Å². The lowest BCUT2D eigenvalue weighted by Crippen LogP contribution is -2.28. The van der Waals surface area contributed by atoms with Crippen LogP contribution in [0.25, 0.3) is 0 Å². The van der Waals surface area contributed by atoms with Crippen molar-refractivity contribution in [3.63, 3.8) is 0 Å². The number of aliphatic hydroxyl groups excluding tert-OH is 1. The topological polar surface area (TPSA) is 59.4 Å². The Morgan fingerprint density at radius 2 is 2.31 bits per heavy atom. The van der Waals surface area contributed by atoms with Gasteiger partial charge in [-0.2, -0.15) is 0 Å². The number of methoxy groups -OCH3 is 1. The number of Topliss-reactive ketones (excluding diaryl/α,β-unsaturated/α-hetero) is 1. The van der Waals surface area contributed by atoms with E-state index >= 15 is 0 Å². The van der Waals surface area contributed by atoms with E-state index in [1.807, 2.05) is 12.1 Å². The van der Waals surface area contributed by atoms with Gasteiger partial charge in [0.1, 0.15) is 6.10 Å². The molecule has 0 radical (unpaired) electrons. The normalized spacial score (nSPS) is 25.5. The summed E-state index contributed by atoms with van der Waals surface area (Å²) in [6.45, 7) is 0. The minimum absolute atomic E-state index is 0.0563. The number of nitrogens with zero attached hydrogens (tertiary/aromatic N) is 1. The van der Waals surface area contributed by atoms with Crippen LogP contribution in [0.3, 0.4) is 0 Å². The summed E-state index contributed by atoms with van der Waals surface area (Å²) >= 11 is 0. The predicted octanol–water partition coefficient (Wildman–Crippen LogP) is 1.29. The average molecular weight is 221 g/mol. The molecular weight excluding hydrogens is 206 g/mol. The van der Waals surface area contributed by atoms with Crippen LogP contribution >= 0.6 is 0 Å². The first kappa shape index (κ1) is 11.1. The summed E-state index contributed by atoms with van der Waals surface area (Å²) in [5.74, 6) is 0.672. The van der Waals surface area contributed by atoms with Crippen LogP contribution in [0.15, 0.2) is 18.2 Å². The van der Waals surface area contributed by atoms with Crippen molar-refractivity contribution in [1.82, 2.24) is 4.98 Å². The fourth-order valence-corrected chi connectivity index (χ4v) is 2.04. The van der Waals surface area contributed by atoms with Crippen LogP contribution in [-0.4, -0.2) is 29.1 Å². The number of hydrogen-bond acceptors (Lipinski definition) is 4. The van der Waals surface area contributed by atoms with Crippen molar-refractivity contribution in [2.24, 2.45) is 0 Å². The molecule has 1 aromatic heterocycles. The number of carbonyl (C=O) groups is 1. The molecule has 1 aliphatic carbocycles. The standard InChI is InChI=1S/C12H15NO3/c1-16-12-4-2-3-9(13-12)8-5-6-10(14)11(15)7-8/h2-4,8,11,15H,5-7H2,1H3. The van der Waals surface area contributed by atoms with Gasteiger partial charge in [-0.3, -0.25) is 4.79 Å². The van der Waals surface area contributed by atoms with Crippen molar-refractivity contribution < 1.29 is 14.6 Å². The SMILES string of the molecule is COc1cccc(C2CCC(=O)C(O)C2)n1. The predicted molar refractivity (Wildman–Crippen MR) is 58.4 cm³/mol. The number of pyridine rings is 1. The number of carbonyl (C=O) groups excluding carboxylic acids is 1. The van der Waals surface area contributed by atoms with Gasteiger partial charge in [0.2, 0.25) is 5.88 Å². The van der Waals surface area contributed by atoms with Gasteiger partial charge >= 0.3 is 0 Å². The Kier molecular flexibility index (Phi) is 3.19. The van der Waals surface area contributed by atoms with Crippen LogP contribution in [0, 0.1) is 0 Å². The largest absolute Gasteiger partial charge is 0.481 e. The van der Waals surface area contributed by atoms with E-state index in [-0.39, 0.29) is 11.7 Å². The van der Waals surface area contributed by atoms with Crippen LogP contribution in [0.2, 0.25) is 0 Å². The first-order chi connectivity index (χ1) is 7.70. The summed E-state index contributed by atoms with van der Waals surface area (Å²) in [7, 11) is 1.57. The molecule has 1 saturated carbocycles. The molecule has 4 nitrogen and oxygen atoms in total. The first-order valence-corrected chi connectivity index (χ1v) is 5.42. The fourth-order valence-electron chi connectivity index (χ4n) is 2.04. The zero-order valence-electron chi connectivity index (χ0n) is 9.22. The number of aromatic nitrogens is 1. The molecule has 2 rings (SSSR count). The Bertz CT molecular complexity index is 392. The lowest BCUT2D eigenvalue weighted by molar-refractivity contribution is -0.129. The van der Waals surface area contributed by atoms with Crippen molar-refractivity contribution in [3.8, 4) is 5.88 Å². The minimum atomic E-state index is -0.827. The van der Waals surface area contributed by atoms with Crippen molar-refractivity contribution in [3.05, 3.63) is 23.9 Å². The second-order valence-corrected chi connectivity index (χ2v) is 4.06. The van der Waals surface area contributed by atoms with Gasteiger partial charge in [-0.15, -0.1) is 0 Å². The number of ether oxygens (including phenoxy) is 1. The van der Waals surface area contributed by atoms with Gasteiger partial charge in [-0.1, -0.05) is 6.07 Å². The van der Waals surface area contributed by atoms with Gasteiger partial charge in [0.05, 0.1) is 7.11 Å². The molecule has 16 heavy (non-hydrogen) atoms. The summed E-state index contributed by atoms with van der Waals surface area (Å²) in [4.78, 5) is 15.5. The molecule has 1 fully saturated rings. The molecule has 86 valence electrons. The van der Waals surface area contributed by atoms with Crippen molar-refractivity contribution in [2.75, 3.05) is 7.11 Å². The summed E-state index contributed by atoms with van der Waals surface area (Å²) < 4.78 is 5.05. The molecule has 0 amide bonds. The van der Waals surface area contributed by atoms with E-state index in [9.17, 15) is 9.90 Å². The van der Waals surface area contributed by atoms with Gasteiger partial charge in [-0.25, -0.2) is 4.98 Å². The Balaban J connectivity index is 2.15. The summed E-state index contributed by atoms with van der Waals surface area (Å²) in [5.41, 5.74) is 0.894. The van der Waals surface area contributed by atoms with Gasteiger partial charge in [-0.05, 0) is 18.9 Å². The average Bonchev–Trinajstić information content (AvgIpc) is 2.33. The van der Waals surface area contributed by atoms with Gasteiger partial charge in [0, 0.05) is 24.1 Å². The van der Waals surface area contributed by atoms with Crippen LogP contribution in [0.5, 0.6) is 5.88 Å². The maximum Gasteiger partial charge on any atom is 0.213 e. The van der Waals surface area contributed by atoms with Gasteiger partial charge < -0.3 is 9.84 Å². The highest BCUT2D eigenvalue weighted by Gasteiger charge is 2.28. The molecule has 2 atom stereocenters. The number of hydrogen-bond donors (Lipinski definition) is 1. The highest BCUT2D eigenvalue weighted by molar-refractivity contribution is 5.83. The molecule has 0 aromatic carbocycles. The van der Waals surface area contributed by atoms with Gasteiger partial charge in [0.15, 0.2) is 5.78 Å². The highest BCUT2D eigenvalue weighted by atomic mass is 16.5. The van der Waals surface area contributed by atoms with E-state index in [0.717, 1.165) is 12.1 Å². The monoisotopic (exact) mass is 221 g/mol. The molecule has 1 aromatic rings. The second-order valence-electron chi connectivity index (χ2n) is 4.06. The molecule has 1 heterocycles. The Labute approximate surface area is 94.3 Å². The third kappa shape index (κ3) is 2.22. The smallest absolute Gasteiger partial charge is 0.213 e. The number of rotatable bonds is 2. The lowest BCUT2D eigenvalue weighted by Gasteiger charge is -2.24. The van der Waals surface area contributed by atoms with Crippen molar-refractivity contribution in [2.45, 2.75) is 31.3 Å². The minimum Gasteiger partial charge on any atom is -0.481 e. The van der Waals surface area contributed by atoms with Crippen LogP contribution in [-0.2, 0) is 4.79 Å². The number of aliphatic hydroxyl groups is 1. The van der Waals surface area contributed by atoms with E-state index in [1.165, 1.54) is 0 Å². The van der Waals surface area contributed by atoms with E-state index in [0.29, 0.717) is 18.7 Å². The summed E-state index contributed by atoms with van der Waals surface area (Å²) in [6.07, 6.45) is 0.839. The molecular formula is C12H15NO3. The Morgan fingerprint density at radius 3 is 3.00 bits per heavy atom. The molecule has 0 spiro atoms. The zero-order valence-corrected chi connectivity index (χ0v) is 9.22. The second kappa shape index (κ2) is 4.61. The molecule has 0 bridgehead atoms. The van der Waals surface area contributed by atoms with Crippen molar-refractivity contribution in [1.29, 1.82) is 0 Å². The third-order valence-corrected chi connectivity index (χ3v) is 2.99. The number of ketones is 1. The van der Waals surface area contributed by atoms with E-state index in [4.69, 9.17) is 4.74 Å². The first-order valence-electron chi connectivity index (χ1n) is 5.42. The summed E-state index contributed by atoms with van der Waals surface area (Å²) in [6, 6.07) is 5.58. The van der Waals surface area contributed by atoms with E-state index in [1.54, 1.807) is 13.2 Å². The quantitative estimate of drug-likeness (QED) is 0.817. The maximum atomic E-state index is 11.2. The van der Waals surface area contributed by atoms with E-state index in [2.05, 4.69) is 4.98 Å². The Morgan fingerprint density at radius 1 is 1.50 bits per heavy atom. The molecule has 4 heteroatoms. The fraction of sp³-hybridized carbons (Fsp3) is 0.500. The van der Waals surface area contributed by atoms with Crippen molar-refractivity contribution >= 4 is 5.78 Å². The third-order valence-electron chi connectivity index (χ3n) is 2.99. The van der Waals surface area contributed by atoms with E-state index < -0.39 is 6.10 Å². The van der Waals surface area contributed by atoms with Crippen LogP contribution < -0.4 is 4.74 Å². The molecule has 1 N–H and O–H groups in total. The molecule has 2 unspecified atom stereocenters. The molecule has 0 aliphatic heterocycles. The lowest BCUT2D eigenvalue weighted by atomic mass is 9.84. The van der Waals surface area contributed by atoms with Gasteiger partial charge in [0.25, 0.3) is 0 Å². The maximum absolute atomic E-state index is 11.2. The zero-order chi connectivity index (χ0) is 11.5. The molecule has 1 aliphatic rings. The highest BCUT2D eigenvalue weighted by Crippen LogP contribution is 2.30. The Hall–Kier alpha value is -1.42. The summed E-state index contributed by atoms with van der Waals surface area (Å²) in [5, 5.41) is 9.53. The molecule has 0 saturated heterocycles.